The van der Waals surface area contributed by atoms with Crippen molar-refractivity contribution in [2.24, 2.45) is 0 Å². The van der Waals surface area contributed by atoms with E-state index >= 15 is 0 Å². The van der Waals surface area contributed by atoms with E-state index in [9.17, 15) is 18.0 Å². The zero-order chi connectivity index (χ0) is 25.2. The maximum Gasteiger partial charge on any atom is 0.256 e. The average Bonchev–Trinajstić information content (AvgIpc) is 3.21. The molecule has 3 heterocycles. The summed E-state index contributed by atoms with van der Waals surface area (Å²) in [5, 5.41) is 6.15. The first-order valence-corrected chi connectivity index (χ1v) is 14.5. The molecule has 0 aliphatic carbocycles. The standard InChI is InChI=1S/C25H34N4O4S2/c1-4-13-28-15-12-20-21(16-28)34-25(22(20)24(31)26-3)27-23(30)18-8-10-19(11-9-18)35(32,33)29-14-6-5-7-17(29)2/h8-11,17H,4-7,12-16H2,1-3H3,(H,26,31)(H,27,30). The van der Waals surface area contributed by atoms with Crippen LogP contribution in [0.2, 0.25) is 0 Å². The van der Waals surface area contributed by atoms with Gasteiger partial charge in [0.25, 0.3) is 11.8 Å². The van der Waals surface area contributed by atoms with Crippen molar-refractivity contribution in [1.29, 1.82) is 0 Å². The van der Waals surface area contributed by atoms with E-state index < -0.39 is 10.0 Å². The quantitative estimate of drug-likeness (QED) is 0.583. The number of carbonyl (C=O) groups excluding carboxylic acids is 2. The second-order valence-corrected chi connectivity index (χ2v) is 12.2. The zero-order valence-corrected chi connectivity index (χ0v) is 22.2. The van der Waals surface area contributed by atoms with Gasteiger partial charge in [0.2, 0.25) is 10.0 Å². The summed E-state index contributed by atoms with van der Waals surface area (Å²) in [6.07, 6.45) is 4.58. The fraction of sp³-hybridized carbons (Fsp3) is 0.520. The highest BCUT2D eigenvalue weighted by Crippen LogP contribution is 2.37. The van der Waals surface area contributed by atoms with Crippen molar-refractivity contribution >= 4 is 38.2 Å². The molecule has 8 nitrogen and oxygen atoms in total. The van der Waals surface area contributed by atoms with Gasteiger partial charge in [0.15, 0.2) is 0 Å². The van der Waals surface area contributed by atoms with Crippen LogP contribution < -0.4 is 10.6 Å². The first kappa shape index (κ1) is 25.8. The molecule has 1 saturated heterocycles. The van der Waals surface area contributed by atoms with E-state index in [1.165, 1.54) is 35.6 Å². The van der Waals surface area contributed by atoms with Gasteiger partial charge in [-0.3, -0.25) is 14.5 Å². The molecule has 190 valence electrons. The van der Waals surface area contributed by atoms with Crippen LogP contribution in [0.3, 0.4) is 0 Å². The van der Waals surface area contributed by atoms with Crippen LogP contribution in [0.25, 0.3) is 0 Å². The summed E-state index contributed by atoms with van der Waals surface area (Å²) >= 11 is 1.45. The van der Waals surface area contributed by atoms with Crippen LogP contribution in [-0.2, 0) is 23.0 Å². The lowest BCUT2D eigenvalue weighted by Gasteiger charge is -2.32. The molecule has 2 amide bonds. The number of benzene rings is 1. The number of fused-ring (bicyclic) bond motifs is 1. The number of hydrogen-bond acceptors (Lipinski definition) is 6. The minimum absolute atomic E-state index is 0.0297. The molecule has 0 saturated carbocycles. The van der Waals surface area contributed by atoms with Crippen molar-refractivity contribution in [2.45, 2.75) is 63.4 Å². The summed E-state index contributed by atoms with van der Waals surface area (Å²) in [7, 11) is -2.01. The maximum atomic E-state index is 13.1. The Morgan fingerprint density at radius 1 is 1.11 bits per heavy atom. The highest BCUT2D eigenvalue weighted by molar-refractivity contribution is 7.89. The number of nitrogens with zero attached hydrogens (tertiary/aromatic N) is 2. The number of amides is 2. The Morgan fingerprint density at radius 2 is 1.86 bits per heavy atom. The fourth-order valence-corrected chi connectivity index (χ4v) is 7.92. The number of nitrogens with one attached hydrogen (secondary N) is 2. The third-order valence-electron chi connectivity index (χ3n) is 6.82. The highest BCUT2D eigenvalue weighted by Gasteiger charge is 2.31. The van der Waals surface area contributed by atoms with Crippen molar-refractivity contribution in [3.05, 3.63) is 45.8 Å². The molecule has 2 N–H and O–H groups in total. The number of hydrogen-bond donors (Lipinski definition) is 2. The van der Waals surface area contributed by atoms with Gasteiger partial charge in [-0.05, 0) is 69.0 Å². The van der Waals surface area contributed by atoms with Crippen molar-refractivity contribution in [3.63, 3.8) is 0 Å². The Balaban J connectivity index is 1.54. The number of rotatable bonds is 7. The molecule has 1 aromatic carbocycles. The molecule has 4 rings (SSSR count). The van der Waals surface area contributed by atoms with E-state index in [1.807, 2.05) is 6.92 Å². The van der Waals surface area contributed by atoms with Gasteiger partial charge in [0, 0.05) is 43.2 Å². The first-order valence-electron chi connectivity index (χ1n) is 12.3. The number of anilines is 1. The Bertz CT molecular complexity index is 1190. The predicted octanol–water partition coefficient (Wildman–Crippen LogP) is 3.69. The van der Waals surface area contributed by atoms with Crippen LogP contribution in [0.5, 0.6) is 0 Å². The summed E-state index contributed by atoms with van der Waals surface area (Å²) in [5.74, 6) is -0.576. The molecule has 35 heavy (non-hydrogen) atoms. The van der Waals surface area contributed by atoms with Gasteiger partial charge in [0.05, 0.1) is 10.5 Å². The van der Waals surface area contributed by atoms with Crippen LogP contribution >= 0.6 is 11.3 Å². The van der Waals surface area contributed by atoms with Crippen molar-refractivity contribution in [3.8, 4) is 0 Å². The van der Waals surface area contributed by atoms with E-state index in [2.05, 4.69) is 22.5 Å². The number of thiophene rings is 1. The molecule has 2 aliphatic heterocycles. The van der Waals surface area contributed by atoms with Gasteiger partial charge in [-0.2, -0.15) is 4.31 Å². The molecule has 0 radical (unpaired) electrons. The van der Waals surface area contributed by atoms with E-state index in [0.717, 1.165) is 62.2 Å². The normalized spacial score (nSPS) is 19.2. The van der Waals surface area contributed by atoms with Gasteiger partial charge >= 0.3 is 0 Å². The average molecular weight is 519 g/mol. The molecule has 1 aromatic heterocycles. The minimum Gasteiger partial charge on any atom is -0.355 e. The summed E-state index contributed by atoms with van der Waals surface area (Å²) in [6.45, 7) is 7.27. The largest absolute Gasteiger partial charge is 0.355 e. The maximum absolute atomic E-state index is 13.1. The molecule has 0 spiro atoms. The lowest BCUT2D eigenvalue weighted by molar-refractivity contribution is 0.0962. The lowest BCUT2D eigenvalue weighted by atomic mass is 10.0. The summed E-state index contributed by atoms with van der Waals surface area (Å²) < 4.78 is 27.7. The summed E-state index contributed by atoms with van der Waals surface area (Å²) in [6, 6.07) is 6.03. The van der Waals surface area contributed by atoms with Gasteiger partial charge in [-0.15, -0.1) is 11.3 Å². The third-order valence-corrected chi connectivity index (χ3v) is 9.98. The molecular formula is C25H34N4O4S2. The number of carbonyl (C=O) groups is 2. The predicted molar refractivity (Wildman–Crippen MR) is 139 cm³/mol. The molecule has 10 heteroatoms. The summed E-state index contributed by atoms with van der Waals surface area (Å²) in [5.41, 5.74) is 1.89. The topological polar surface area (TPSA) is 98.8 Å². The molecule has 0 bridgehead atoms. The van der Waals surface area contributed by atoms with Crippen molar-refractivity contribution in [2.75, 3.05) is 32.0 Å². The summed E-state index contributed by atoms with van der Waals surface area (Å²) in [4.78, 5) is 29.4. The number of sulfonamides is 1. The van der Waals surface area contributed by atoms with Gasteiger partial charge in [-0.25, -0.2) is 8.42 Å². The second-order valence-electron chi connectivity index (χ2n) is 9.25. The van der Waals surface area contributed by atoms with E-state index in [0.29, 0.717) is 22.7 Å². The Kier molecular flexibility index (Phi) is 7.95. The van der Waals surface area contributed by atoms with E-state index in [1.54, 1.807) is 11.4 Å². The smallest absolute Gasteiger partial charge is 0.256 e. The Labute approximate surface area is 211 Å². The second kappa shape index (κ2) is 10.8. The van der Waals surface area contributed by atoms with Crippen LogP contribution in [0, 0.1) is 0 Å². The molecular weight excluding hydrogens is 484 g/mol. The Morgan fingerprint density at radius 3 is 2.51 bits per heavy atom. The van der Waals surface area contributed by atoms with Crippen LogP contribution in [0.1, 0.15) is 70.7 Å². The minimum atomic E-state index is -3.60. The molecule has 1 unspecified atom stereocenters. The van der Waals surface area contributed by atoms with Gasteiger partial charge in [-0.1, -0.05) is 13.3 Å². The molecule has 2 aromatic rings. The number of piperidine rings is 1. The first-order chi connectivity index (χ1) is 16.8. The van der Waals surface area contributed by atoms with Crippen molar-refractivity contribution < 1.29 is 18.0 Å². The van der Waals surface area contributed by atoms with E-state index in [4.69, 9.17) is 0 Å². The lowest BCUT2D eigenvalue weighted by Crippen LogP contribution is -2.41. The van der Waals surface area contributed by atoms with Crippen LogP contribution in [0.15, 0.2) is 29.2 Å². The fourth-order valence-electron chi connectivity index (χ4n) is 4.93. The highest BCUT2D eigenvalue weighted by atomic mass is 32.2. The van der Waals surface area contributed by atoms with Crippen molar-refractivity contribution in [1.82, 2.24) is 14.5 Å². The SMILES string of the molecule is CCCN1CCc2c(sc(NC(=O)c3ccc(S(=O)(=O)N4CCCCC4C)cc3)c2C(=O)NC)C1. The molecule has 2 aliphatic rings. The van der Waals surface area contributed by atoms with Crippen LogP contribution in [0.4, 0.5) is 5.00 Å². The third kappa shape index (κ3) is 5.30. The van der Waals surface area contributed by atoms with Crippen LogP contribution in [-0.4, -0.2) is 62.2 Å². The monoisotopic (exact) mass is 518 g/mol. The molecule has 1 atom stereocenters. The molecule has 1 fully saturated rings. The van der Waals surface area contributed by atoms with Gasteiger partial charge < -0.3 is 10.6 Å². The Hall–Kier alpha value is -2.27. The zero-order valence-electron chi connectivity index (χ0n) is 20.6. The van der Waals surface area contributed by atoms with Gasteiger partial charge in [0.1, 0.15) is 5.00 Å². The van der Waals surface area contributed by atoms with E-state index in [-0.39, 0.29) is 22.8 Å².